The molecule has 0 saturated carbocycles. The Hall–Kier alpha value is -0.880. The lowest BCUT2D eigenvalue weighted by Gasteiger charge is -1.86. The van der Waals surface area contributed by atoms with E-state index in [0.29, 0.717) is 16.7 Å². The van der Waals surface area contributed by atoms with Crippen molar-refractivity contribution < 1.29 is 4.42 Å². The molecule has 2 aromatic heterocycles. The maximum atomic E-state index is 5.42. The van der Waals surface area contributed by atoms with Crippen LogP contribution in [0.5, 0.6) is 0 Å². The number of halogens is 1. The minimum Gasteiger partial charge on any atom is -0.460 e. The van der Waals surface area contributed by atoms with Crippen LogP contribution in [-0.4, -0.2) is 9.36 Å². The monoisotopic (exact) mass is 245 g/mol. The van der Waals surface area contributed by atoms with Gasteiger partial charge in [-0.2, -0.15) is 9.36 Å². The molecule has 12 heavy (non-hydrogen) atoms. The van der Waals surface area contributed by atoms with E-state index in [1.54, 1.807) is 12.3 Å². The van der Waals surface area contributed by atoms with E-state index in [4.69, 9.17) is 10.2 Å². The standard InChI is InChI=1S/C6H4BrN3OS/c7-3-1-2-11-4(3)5-9-6(8)12-10-5/h1-2H,(H2,8,9,10). The molecule has 0 saturated heterocycles. The second kappa shape index (κ2) is 2.87. The van der Waals surface area contributed by atoms with Gasteiger partial charge < -0.3 is 10.2 Å². The van der Waals surface area contributed by atoms with Gasteiger partial charge in [-0.15, -0.1) is 0 Å². The highest BCUT2D eigenvalue weighted by atomic mass is 79.9. The van der Waals surface area contributed by atoms with Crippen LogP contribution < -0.4 is 5.73 Å². The first-order valence-corrected chi connectivity index (χ1v) is 4.66. The van der Waals surface area contributed by atoms with Crippen molar-refractivity contribution in [3.8, 4) is 11.6 Å². The Bertz CT molecular complexity index is 397. The molecule has 2 rings (SSSR count). The van der Waals surface area contributed by atoms with E-state index in [2.05, 4.69) is 25.3 Å². The summed E-state index contributed by atoms with van der Waals surface area (Å²) >= 11 is 4.45. The highest BCUT2D eigenvalue weighted by molar-refractivity contribution is 9.10. The molecule has 0 aliphatic heterocycles. The number of nitrogens with two attached hydrogens (primary N) is 1. The first-order valence-electron chi connectivity index (χ1n) is 3.10. The molecule has 0 spiro atoms. The first kappa shape index (κ1) is 7.75. The highest BCUT2D eigenvalue weighted by Crippen LogP contribution is 2.28. The first-order chi connectivity index (χ1) is 5.77. The summed E-state index contributed by atoms with van der Waals surface area (Å²) in [5.41, 5.74) is 5.42. The van der Waals surface area contributed by atoms with Crippen LogP contribution in [0.4, 0.5) is 5.13 Å². The molecule has 2 N–H and O–H groups in total. The third-order valence-electron chi connectivity index (χ3n) is 1.26. The molecule has 62 valence electrons. The van der Waals surface area contributed by atoms with Crippen LogP contribution in [0.15, 0.2) is 21.2 Å². The fourth-order valence-electron chi connectivity index (χ4n) is 0.781. The zero-order chi connectivity index (χ0) is 8.55. The lowest BCUT2D eigenvalue weighted by Crippen LogP contribution is -1.82. The third kappa shape index (κ3) is 1.23. The summed E-state index contributed by atoms with van der Waals surface area (Å²) in [6, 6.07) is 1.78. The lowest BCUT2D eigenvalue weighted by atomic mass is 10.4. The van der Waals surface area contributed by atoms with Crippen LogP contribution in [-0.2, 0) is 0 Å². The van der Waals surface area contributed by atoms with Crippen molar-refractivity contribution in [3.05, 3.63) is 16.8 Å². The number of nitrogen functional groups attached to an aromatic ring is 1. The van der Waals surface area contributed by atoms with Gasteiger partial charge >= 0.3 is 0 Å². The van der Waals surface area contributed by atoms with Gasteiger partial charge in [-0.05, 0) is 22.0 Å². The predicted octanol–water partition coefficient (Wildman–Crippen LogP) is 2.14. The minimum absolute atomic E-state index is 0.438. The molecule has 0 atom stereocenters. The fourth-order valence-corrected chi connectivity index (χ4v) is 1.59. The zero-order valence-corrected chi connectivity index (χ0v) is 8.22. The molecular weight excluding hydrogens is 242 g/mol. The van der Waals surface area contributed by atoms with E-state index in [0.717, 1.165) is 16.0 Å². The van der Waals surface area contributed by atoms with E-state index >= 15 is 0 Å². The normalized spacial score (nSPS) is 10.4. The van der Waals surface area contributed by atoms with Crippen LogP contribution in [0, 0.1) is 0 Å². The molecular formula is C6H4BrN3OS. The quantitative estimate of drug-likeness (QED) is 0.837. The average Bonchev–Trinajstić information content (AvgIpc) is 2.58. The van der Waals surface area contributed by atoms with Gasteiger partial charge in [0.15, 0.2) is 10.9 Å². The average molecular weight is 246 g/mol. The van der Waals surface area contributed by atoms with Crippen molar-refractivity contribution in [1.29, 1.82) is 0 Å². The summed E-state index contributed by atoms with van der Waals surface area (Å²) in [4.78, 5) is 3.98. The summed E-state index contributed by atoms with van der Waals surface area (Å²) in [6.07, 6.45) is 1.57. The van der Waals surface area contributed by atoms with E-state index in [1.807, 2.05) is 0 Å². The van der Waals surface area contributed by atoms with Gasteiger partial charge in [0.25, 0.3) is 0 Å². The third-order valence-corrected chi connectivity index (χ3v) is 2.43. The number of nitrogens with zero attached hydrogens (tertiary/aromatic N) is 2. The van der Waals surface area contributed by atoms with Gasteiger partial charge in [-0.1, -0.05) is 0 Å². The Morgan fingerprint density at radius 1 is 1.58 bits per heavy atom. The topological polar surface area (TPSA) is 64.9 Å². The number of aromatic nitrogens is 2. The number of rotatable bonds is 1. The van der Waals surface area contributed by atoms with E-state index in [1.165, 1.54) is 0 Å². The number of anilines is 1. The Balaban J connectivity index is 2.50. The predicted molar refractivity (Wildman–Crippen MR) is 49.7 cm³/mol. The molecule has 0 fully saturated rings. The molecule has 4 nitrogen and oxygen atoms in total. The van der Waals surface area contributed by atoms with Crippen molar-refractivity contribution in [1.82, 2.24) is 9.36 Å². The van der Waals surface area contributed by atoms with Crippen LogP contribution in [0.25, 0.3) is 11.6 Å². The van der Waals surface area contributed by atoms with Gasteiger partial charge in [-0.25, -0.2) is 0 Å². The Kier molecular flexibility index (Phi) is 1.86. The smallest absolute Gasteiger partial charge is 0.211 e. The van der Waals surface area contributed by atoms with Gasteiger partial charge in [0.05, 0.1) is 10.7 Å². The number of hydrogen-bond donors (Lipinski definition) is 1. The van der Waals surface area contributed by atoms with Crippen molar-refractivity contribution >= 4 is 32.6 Å². The second-order valence-corrected chi connectivity index (χ2v) is 3.69. The SMILES string of the molecule is Nc1nc(-c2occc2Br)ns1. The number of furan rings is 1. The Labute approximate surface area is 80.7 Å². The maximum Gasteiger partial charge on any atom is 0.211 e. The van der Waals surface area contributed by atoms with E-state index in [9.17, 15) is 0 Å². The molecule has 0 aliphatic carbocycles. The molecule has 2 heterocycles. The van der Waals surface area contributed by atoms with Gasteiger partial charge in [0, 0.05) is 11.5 Å². The molecule has 0 bridgehead atoms. The van der Waals surface area contributed by atoms with Crippen molar-refractivity contribution in [2.45, 2.75) is 0 Å². The molecule has 0 aromatic carbocycles. The molecule has 0 aliphatic rings. The summed E-state index contributed by atoms with van der Waals surface area (Å²) in [6.45, 7) is 0. The van der Waals surface area contributed by atoms with Crippen LogP contribution in [0.2, 0.25) is 0 Å². The summed E-state index contributed by atoms with van der Waals surface area (Å²) in [5.74, 6) is 1.14. The molecule has 2 aromatic rings. The lowest BCUT2D eigenvalue weighted by molar-refractivity contribution is 0.577. The van der Waals surface area contributed by atoms with Crippen molar-refractivity contribution in [3.63, 3.8) is 0 Å². The van der Waals surface area contributed by atoms with Crippen molar-refractivity contribution in [2.75, 3.05) is 5.73 Å². The van der Waals surface area contributed by atoms with Crippen LogP contribution in [0.1, 0.15) is 0 Å². The maximum absolute atomic E-state index is 5.42. The Morgan fingerprint density at radius 2 is 2.42 bits per heavy atom. The largest absolute Gasteiger partial charge is 0.460 e. The van der Waals surface area contributed by atoms with Crippen LogP contribution >= 0.6 is 27.5 Å². The van der Waals surface area contributed by atoms with E-state index < -0.39 is 0 Å². The fraction of sp³-hybridized carbons (Fsp3) is 0. The minimum atomic E-state index is 0.438. The van der Waals surface area contributed by atoms with Crippen LogP contribution in [0.3, 0.4) is 0 Å². The van der Waals surface area contributed by atoms with Crippen molar-refractivity contribution in [2.24, 2.45) is 0 Å². The van der Waals surface area contributed by atoms with E-state index in [-0.39, 0.29) is 0 Å². The molecule has 0 radical (unpaired) electrons. The van der Waals surface area contributed by atoms with Gasteiger partial charge in [-0.3, -0.25) is 0 Å². The van der Waals surface area contributed by atoms with Gasteiger partial charge in [0.2, 0.25) is 5.82 Å². The Morgan fingerprint density at radius 3 is 2.92 bits per heavy atom. The zero-order valence-electron chi connectivity index (χ0n) is 5.82. The summed E-state index contributed by atoms with van der Waals surface area (Å²) in [5, 5.41) is 0.438. The van der Waals surface area contributed by atoms with Gasteiger partial charge in [0.1, 0.15) is 0 Å². The molecule has 0 unspecified atom stereocenters. The molecule has 0 amide bonds. The summed E-state index contributed by atoms with van der Waals surface area (Å²) < 4.78 is 9.98. The summed E-state index contributed by atoms with van der Waals surface area (Å²) in [7, 11) is 0. The number of hydrogen-bond acceptors (Lipinski definition) is 5. The molecule has 6 heteroatoms. The second-order valence-electron chi connectivity index (χ2n) is 2.05. The highest BCUT2D eigenvalue weighted by Gasteiger charge is 2.11.